The van der Waals surface area contributed by atoms with Crippen molar-refractivity contribution in [3.05, 3.63) is 23.5 Å². The van der Waals surface area contributed by atoms with Crippen molar-refractivity contribution < 1.29 is 4.79 Å². The minimum Gasteiger partial charge on any atom is -0.322 e. The molecule has 1 aromatic heterocycles. The number of anilines is 1. The van der Waals surface area contributed by atoms with Crippen LogP contribution < -0.4 is 5.32 Å². The molecule has 0 aromatic carbocycles. The maximum Gasteiger partial charge on any atom is 0.321 e. The van der Waals surface area contributed by atoms with E-state index < -0.39 is 0 Å². The molecule has 0 spiro atoms. The number of aryl methyl sites for hydroxylation is 1. The van der Waals surface area contributed by atoms with Gasteiger partial charge < -0.3 is 10.2 Å². The summed E-state index contributed by atoms with van der Waals surface area (Å²) in [4.78, 5) is 17.1. The van der Waals surface area contributed by atoms with E-state index in [2.05, 4.69) is 10.3 Å². The lowest BCUT2D eigenvalue weighted by Gasteiger charge is -2.24. The fourth-order valence-electron chi connectivity index (χ4n) is 1.34. The topological polar surface area (TPSA) is 45.2 Å². The van der Waals surface area contributed by atoms with Crippen LogP contribution in [0.2, 0.25) is 0 Å². The number of fused-ring (bicyclic) bond motifs is 1. The van der Waals surface area contributed by atoms with E-state index in [9.17, 15) is 4.79 Å². The Hall–Kier alpha value is -1.58. The van der Waals surface area contributed by atoms with Crippen molar-refractivity contribution in [2.45, 2.75) is 27.3 Å². The normalized spacial score (nSPS) is 13.6. The van der Waals surface area contributed by atoms with Crippen molar-refractivity contribution in [3.8, 4) is 0 Å². The second-order valence-electron chi connectivity index (χ2n) is 3.29. The summed E-state index contributed by atoms with van der Waals surface area (Å²) in [7, 11) is 1.75. The Balaban J connectivity index is 0.000000531. The van der Waals surface area contributed by atoms with Crippen molar-refractivity contribution in [2.24, 2.45) is 0 Å². The van der Waals surface area contributed by atoms with Gasteiger partial charge in [0.25, 0.3) is 0 Å². The Labute approximate surface area is 90.3 Å². The molecule has 0 radical (unpaired) electrons. The van der Waals surface area contributed by atoms with E-state index in [1.54, 1.807) is 11.9 Å². The van der Waals surface area contributed by atoms with E-state index in [4.69, 9.17) is 0 Å². The van der Waals surface area contributed by atoms with Crippen LogP contribution in [-0.4, -0.2) is 23.0 Å². The number of carbonyl (C=O) groups excluding carboxylic acids is 1. The fourth-order valence-corrected chi connectivity index (χ4v) is 1.34. The number of nitrogens with zero attached hydrogens (tertiary/aromatic N) is 2. The first-order chi connectivity index (χ1) is 7.16. The molecular formula is C11H17N3O. The number of hydrogen-bond donors (Lipinski definition) is 1. The van der Waals surface area contributed by atoms with Crippen LogP contribution >= 0.6 is 0 Å². The van der Waals surface area contributed by atoms with Crippen molar-refractivity contribution in [2.75, 3.05) is 12.4 Å². The highest BCUT2D eigenvalue weighted by Crippen LogP contribution is 2.20. The molecule has 2 amide bonds. The Morgan fingerprint density at radius 2 is 2.13 bits per heavy atom. The lowest BCUT2D eigenvalue weighted by atomic mass is 10.2. The molecule has 0 saturated heterocycles. The zero-order valence-corrected chi connectivity index (χ0v) is 9.66. The van der Waals surface area contributed by atoms with E-state index in [1.807, 2.05) is 33.0 Å². The van der Waals surface area contributed by atoms with E-state index in [-0.39, 0.29) is 6.03 Å². The van der Waals surface area contributed by atoms with Gasteiger partial charge in [0.05, 0.1) is 17.9 Å². The first-order valence-corrected chi connectivity index (χ1v) is 5.14. The van der Waals surface area contributed by atoms with Gasteiger partial charge in [0.2, 0.25) is 0 Å². The molecule has 2 rings (SSSR count). The third-order valence-corrected chi connectivity index (χ3v) is 2.08. The second-order valence-corrected chi connectivity index (χ2v) is 3.29. The third kappa shape index (κ3) is 2.46. The summed E-state index contributed by atoms with van der Waals surface area (Å²) in [5.74, 6) is 0. The predicted octanol–water partition coefficient (Wildman–Crippen LogP) is 2.39. The van der Waals surface area contributed by atoms with Gasteiger partial charge in [-0.3, -0.25) is 4.98 Å². The highest BCUT2D eigenvalue weighted by molar-refractivity contribution is 5.91. The SMILES string of the molecule is CC.Cc1cnc2c(c1)NC(=O)N(C)C2. The van der Waals surface area contributed by atoms with Crippen LogP contribution in [0.25, 0.3) is 0 Å². The number of carbonyl (C=O) groups is 1. The molecule has 1 aliphatic heterocycles. The molecule has 2 heterocycles. The van der Waals surface area contributed by atoms with Crippen LogP contribution in [0.5, 0.6) is 0 Å². The van der Waals surface area contributed by atoms with Gasteiger partial charge in [-0.25, -0.2) is 4.79 Å². The summed E-state index contributed by atoms with van der Waals surface area (Å²) in [5, 5.41) is 2.77. The molecule has 0 fully saturated rings. The van der Waals surface area contributed by atoms with Crippen LogP contribution in [0.4, 0.5) is 10.5 Å². The number of pyridine rings is 1. The molecule has 0 atom stereocenters. The largest absolute Gasteiger partial charge is 0.322 e. The summed E-state index contributed by atoms with van der Waals surface area (Å²) < 4.78 is 0. The minimum absolute atomic E-state index is 0.0695. The van der Waals surface area contributed by atoms with Crippen LogP contribution in [0.1, 0.15) is 25.1 Å². The number of aromatic nitrogens is 1. The van der Waals surface area contributed by atoms with Gasteiger partial charge in [0, 0.05) is 13.2 Å². The number of nitrogens with one attached hydrogen (secondary N) is 1. The maximum atomic E-state index is 11.3. The molecule has 0 aliphatic carbocycles. The Kier molecular flexibility index (Phi) is 3.66. The number of amides is 2. The van der Waals surface area contributed by atoms with Crippen molar-refractivity contribution in [1.29, 1.82) is 0 Å². The molecular weight excluding hydrogens is 190 g/mol. The van der Waals surface area contributed by atoms with E-state index >= 15 is 0 Å². The summed E-state index contributed by atoms with van der Waals surface area (Å²) in [5.41, 5.74) is 2.82. The van der Waals surface area contributed by atoms with Gasteiger partial charge in [-0.1, -0.05) is 13.8 Å². The van der Waals surface area contributed by atoms with Gasteiger partial charge in [-0.2, -0.15) is 0 Å². The molecule has 4 nitrogen and oxygen atoms in total. The first-order valence-electron chi connectivity index (χ1n) is 5.14. The van der Waals surface area contributed by atoms with Crippen molar-refractivity contribution >= 4 is 11.7 Å². The molecule has 82 valence electrons. The van der Waals surface area contributed by atoms with E-state index in [0.29, 0.717) is 6.54 Å². The zero-order valence-electron chi connectivity index (χ0n) is 9.66. The minimum atomic E-state index is -0.0695. The highest BCUT2D eigenvalue weighted by atomic mass is 16.2. The monoisotopic (exact) mass is 207 g/mol. The van der Waals surface area contributed by atoms with Crippen LogP contribution in [-0.2, 0) is 6.54 Å². The molecule has 0 unspecified atom stereocenters. The lowest BCUT2D eigenvalue weighted by molar-refractivity contribution is 0.218. The Bertz CT molecular complexity index is 363. The highest BCUT2D eigenvalue weighted by Gasteiger charge is 2.19. The second kappa shape index (κ2) is 4.77. The summed E-state index contributed by atoms with van der Waals surface area (Å²) in [6.07, 6.45) is 1.81. The van der Waals surface area contributed by atoms with Crippen molar-refractivity contribution in [3.63, 3.8) is 0 Å². The number of hydrogen-bond acceptors (Lipinski definition) is 2. The Morgan fingerprint density at radius 1 is 1.47 bits per heavy atom. The standard InChI is InChI=1S/C9H11N3O.C2H6/c1-6-3-7-8(10-4-6)5-12(2)9(13)11-7;1-2/h3-4H,5H2,1-2H3,(H,11,13);1-2H3. The smallest absolute Gasteiger partial charge is 0.321 e. The quantitative estimate of drug-likeness (QED) is 0.710. The number of rotatable bonds is 0. The van der Waals surface area contributed by atoms with Crippen LogP contribution in [0, 0.1) is 6.92 Å². The van der Waals surface area contributed by atoms with Gasteiger partial charge in [-0.15, -0.1) is 0 Å². The molecule has 1 N–H and O–H groups in total. The molecule has 4 heteroatoms. The molecule has 1 aliphatic rings. The van der Waals surface area contributed by atoms with E-state index in [1.165, 1.54) is 0 Å². The van der Waals surface area contributed by atoms with Crippen LogP contribution in [0.3, 0.4) is 0 Å². The summed E-state index contributed by atoms with van der Waals surface area (Å²) in [6, 6.07) is 1.87. The van der Waals surface area contributed by atoms with Gasteiger partial charge in [-0.05, 0) is 18.6 Å². The average molecular weight is 207 g/mol. The van der Waals surface area contributed by atoms with Gasteiger partial charge in [0.15, 0.2) is 0 Å². The fraction of sp³-hybridized carbons (Fsp3) is 0.455. The summed E-state index contributed by atoms with van der Waals surface area (Å²) in [6.45, 7) is 6.54. The number of urea groups is 1. The lowest BCUT2D eigenvalue weighted by Crippen LogP contribution is -2.35. The molecule has 0 bridgehead atoms. The van der Waals surface area contributed by atoms with Crippen molar-refractivity contribution in [1.82, 2.24) is 9.88 Å². The molecule has 0 saturated carbocycles. The Morgan fingerprint density at radius 3 is 2.80 bits per heavy atom. The van der Waals surface area contributed by atoms with Gasteiger partial charge >= 0.3 is 6.03 Å². The summed E-state index contributed by atoms with van der Waals surface area (Å²) >= 11 is 0. The maximum absolute atomic E-state index is 11.3. The molecule has 15 heavy (non-hydrogen) atoms. The van der Waals surface area contributed by atoms with E-state index in [0.717, 1.165) is 16.9 Å². The third-order valence-electron chi connectivity index (χ3n) is 2.08. The first kappa shape index (κ1) is 11.5. The molecule has 1 aromatic rings. The van der Waals surface area contributed by atoms with Gasteiger partial charge in [0.1, 0.15) is 0 Å². The average Bonchev–Trinajstić information content (AvgIpc) is 2.23. The predicted molar refractivity (Wildman–Crippen MR) is 60.8 cm³/mol. The zero-order chi connectivity index (χ0) is 11.4. The van der Waals surface area contributed by atoms with Crippen LogP contribution in [0.15, 0.2) is 12.3 Å².